The second kappa shape index (κ2) is 6.80. The van der Waals surface area contributed by atoms with Gasteiger partial charge in [0.25, 0.3) is 0 Å². The van der Waals surface area contributed by atoms with E-state index in [0.717, 1.165) is 25.7 Å². The molecule has 3 rings (SSSR count). The summed E-state index contributed by atoms with van der Waals surface area (Å²) in [5.41, 5.74) is 0.311. The van der Waals surface area contributed by atoms with Crippen molar-refractivity contribution in [3.8, 4) is 0 Å². The number of rotatable bonds is 3. The Morgan fingerprint density at radius 3 is 2.33 bits per heavy atom. The molecule has 0 bridgehead atoms. The normalized spacial score (nSPS) is 20.5. The van der Waals surface area contributed by atoms with Crippen molar-refractivity contribution in [3.05, 3.63) is 29.6 Å². The minimum absolute atomic E-state index is 0.108. The topological polar surface area (TPSA) is 57.7 Å². The molecule has 2 aliphatic rings. The number of halogens is 1. The summed E-state index contributed by atoms with van der Waals surface area (Å²) in [5.74, 6) is -0.129. The molecule has 0 radical (unpaired) electrons. The van der Waals surface area contributed by atoms with Gasteiger partial charge in [0.05, 0.1) is 4.90 Å². The fourth-order valence-corrected chi connectivity index (χ4v) is 5.01. The molecule has 24 heavy (non-hydrogen) atoms. The van der Waals surface area contributed by atoms with Crippen LogP contribution in [0, 0.1) is 18.7 Å². The van der Waals surface area contributed by atoms with E-state index in [1.807, 2.05) is 0 Å². The molecular formula is C17H23FN2O3S. The molecule has 0 atom stereocenters. The van der Waals surface area contributed by atoms with Crippen molar-refractivity contribution < 1.29 is 17.6 Å². The van der Waals surface area contributed by atoms with Crippen LogP contribution in [0.3, 0.4) is 0 Å². The van der Waals surface area contributed by atoms with Gasteiger partial charge in [-0.05, 0) is 43.5 Å². The van der Waals surface area contributed by atoms with Crippen molar-refractivity contribution in [1.82, 2.24) is 9.21 Å². The van der Waals surface area contributed by atoms with Crippen molar-refractivity contribution in [3.63, 3.8) is 0 Å². The Morgan fingerprint density at radius 2 is 1.75 bits per heavy atom. The van der Waals surface area contributed by atoms with Gasteiger partial charge in [-0.2, -0.15) is 4.31 Å². The molecule has 5 nitrogen and oxygen atoms in total. The van der Waals surface area contributed by atoms with Crippen LogP contribution >= 0.6 is 0 Å². The highest BCUT2D eigenvalue weighted by Crippen LogP contribution is 2.27. The highest BCUT2D eigenvalue weighted by Gasteiger charge is 2.33. The molecule has 0 spiro atoms. The minimum Gasteiger partial charge on any atom is -0.340 e. The fraction of sp³-hybridized carbons (Fsp3) is 0.588. The maximum absolute atomic E-state index is 13.4. The Hall–Kier alpha value is -1.47. The number of aryl methyl sites for hydroxylation is 1. The van der Waals surface area contributed by atoms with E-state index in [9.17, 15) is 17.6 Å². The highest BCUT2D eigenvalue weighted by molar-refractivity contribution is 7.89. The molecule has 1 aromatic rings. The Bertz CT molecular complexity index is 721. The van der Waals surface area contributed by atoms with Gasteiger partial charge in [-0.1, -0.05) is 12.8 Å². The molecule has 1 aliphatic carbocycles. The zero-order chi connectivity index (χ0) is 17.3. The summed E-state index contributed by atoms with van der Waals surface area (Å²) in [4.78, 5) is 14.3. The van der Waals surface area contributed by atoms with Gasteiger partial charge in [-0.15, -0.1) is 0 Å². The zero-order valence-electron chi connectivity index (χ0n) is 13.9. The zero-order valence-corrected chi connectivity index (χ0v) is 14.7. The van der Waals surface area contributed by atoms with Crippen molar-refractivity contribution in [2.24, 2.45) is 5.92 Å². The van der Waals surface area contributed by atoms with Gasteiger partial charge in [0.1, 0.15) is 5.82 Å². The quantitative estimate of drug-likeness (QED) is 0.836. The van der Waals surface area contributed by atoms with Crippen LogP contribution in [0.2, 0.25) is 0 Å². The largest absolute Gasteiger partial charge is 0.340 e. The van der Waals surface area contributed by atoms with Gasteiger partial charge >= 0.3 is 0 Å². The molecule has 1 saturated carbocycles. The van der Waals surface area contributed by atoms with Gasteiger partial charge in [-0.25, -0.2) is 12.8 Å². The van der Waals surface area contributed by atoms with Crippen LogP contribution in [-0.4, -0.2) is 49.7 Å². The third kappa shape index (κ3) is 3.32. The van der Waals surface area contributed by atoms with Crippen molar-refractivity contribution in [2.45, 2.75) is 37.5 Å². The van der Waals surface area contributed by atoms with E-state index in [4.69, 9.17) is 0 Å². The lowest BCUT2D eigenvalue weighted by Gasteiger charge is -2.35. The monoisotopic (exact) mass is 354 g/mol. The third-order valence-corrected chi connectivity index (χ3v) is 6.92. The molecular weight excluding hydrogens is 331 g/mol. The van der Waals surface area contributed by atoms with Gasteiger partial charge in [-0.3, -0.25) is 4.79 Å². The number of carbonyl (C=O) groups excluding carboxylic acids is 1. The van der Waals surface area contributed by atoms with Gasteiger partial charge in [0.15, 0.2) is 0 Å². The van der Waals surface area contributed by atoms with Crippen LogP contribution in [0.4, 0.5) is 4.39 Å². The first kappa shape index (κ1) is 17.4. The summed E-state index contributed by atoms with van der Waals surface area (Å²) >= 11 is 0. The third-order valence-electron chi connectivity index (χ3n) is 5.02. The molecule has 1 aliphatic heterocycles. The van der Waals surface area contributed by atoms with E-state index in [2.05, 4.69) is 0 Å². The molecule has 0 aromatic heterocycles. The van der Waals surface area contributed by atoms with Crippen molar-refractivity contribution >= 4 is 15.9 Å². The number of amides is 1. The number of nitrogens with zero attached hydrogens (tertiary/aromatic N) is 2. The molecule has 0 unspecified atom stereocenters. The number of piperazine rings is 1. The number of carbonyl (C=O) groups is 1. The van der Waals surface area contributed by atoms with Crippen LogP contribution in [0.5, 0.6) is 0 Å². The maximum atomic E-state index is 13.4. The molecule has 2 fully saturated rings. The van der Waals surface area contributed by atoms with Gasteiger partial charge in [0.2, 0.25) is 15.9 Å². The molecule has 132 valence electrons. The first-order valence-electron chi connectivity index (χ1n) is 8.44. The van der Waals surface area contributed by atoms with Crippen LogP contribution in [0.1, 0.15) is 31.2 Å². The number of benzene rings is 1. The molecule has 0 N–H and O–H groups in total. The number of hydrogen-bond donors (Lipinski definition) is 0. The molecule has 1 saturated heterocycles. The summed E-state index contributed by atoms with van der Waals surface area (Å²) in [6.07, 6.45) is 4.11. The fourth-order valence-electron chi connectivity index (χ4n) is 3.51. The SMILES string of the molecule is Cc1cc(S(=O)(=O)N2CCN(C(=O)C3CCCC3)CC2)ccc1F. The Morgan fingerprint density at radius 1 is 1.12 bits per heavy atom. The Kier molecular flexibility index (Phi) is 4.92. The first-order chi connectivity index (χ1) is 11.4. The predicted octanol–water partition coefficient (Wildman–Crippen LogP) is 2.16. The van der Waals surface area contributed by atoms with Crippen LogP contribution < -0.4 is 0 Å². The van der Waals surface area contributed by atoms with Gasteiger partial charge in [0, 0.05) is 32.1 Å². The van der Waals surface area contributed by atoms with E-state index < -0.39 is 15.8 Å². The van der Waals surface area contributed by atoms with Crippen LogP contribution in [0.25, 0.3) is 0 Å². The summed E-state index contributed by atoms with van der Waals surface area (Å²) in [7, 11) is -3.64. The van der Waals surface area contributed by atoms with E-state index >= 15 is 0 Å². The van der Waals surface area contributed by atoms with E-state index in [-0.39, 0.29) is 29.8 Å². The van der Waals surface area contributed by atoms with Gasteiger partial charge < -0.3 is 4.90 Å². The van der Waals surface area contributed by atoms with E-state index in [0.29, 0.717) is 18.7 Å². The smallest absolute Gasteiger partial charge is 0.243 e. The molecule has 7 heteroatoms. The molecule has 1 aromatic carbocycles. The first-order valence-corrected chi connectivity index (χ1v) is 9.88. The Balaban J connectivity index is 1.67. The Labute approximate surface area is 142 Å². The summed E-state index contributed by atoms with van der Waals surface area (Å²) in [5, 5.41) is 0. The average Bonchev–Trinajstić information content (AvgIpc) is 3.11. The standard InChI is InChI=1S/C17H23FN2O3S/c1-13-12-15(6-7-16(13)18)24(22,23)20-10-8-19(9-11-20)17(21)14-4-2-3-5-14/h6-7,12,14H,2-5,8-11H2,1H3. The summed E-state index contributed by atoms with van der Waals surface area (Å²) in [6, 6.07) is 3.84. The average molecular weight is 354 g/mol. The van der Waals surface area contributed by atoms with E-state index in [1.165, 1.54) is 22.5 Å². The molecule has 1 amide bonds. The summed E-state index contributed by atoms with van der Waals surface area (Å²) in [6.45, 7) is 2.98. The lowest BCUT2D eigenvalue weighted by molar-refractivity contribution is -0.136. The second-order valence-corrected chi connectivity index (χ2v) is 8.56. The number of hydrogen-bond acceptors (Lipinski definition) is 3. The van der Waals surface area contributed by atoms with Crippen LogP contribution in [-0.2, 0) is 14.8 Å². The number of sulfonamides is 1. The second-order valence-electron chi connectivity index (χ2n) is 6.62. The van der Waals surface area contributed by atoms with E-state index in [1.54, 1.807) is 11.8 Å². The lowest BCUT2D eigenvalue weighted by Crippen LogP contribution is -2.51. The highest BCUT2D eigenvalue weighted by atomic mass is 32.2. The summed E-state index contributed by atoms with van der Waals surface area (Å²) < 4.78 is 40.1. The predicted molar refractivity (Wildman–Crippen MR) is 88.4 cm³/mol. The van der Waals surface area contributed by atoms with Crippen molar-refractivity contribution in [1.29, 1.82) is 0 Å². The minimum atomic E-state index is -3.64. The molecule has 1 heterocycles. The van der Waals surface area contributed by atoms with Crippen LogP contribution in [0.15, 0.2) is 23.1 Å². The maximum Gasteiger partial charge on any atom is 0.243 e. The lowest BCUT2D eigenvalue weighted by atomic mass is 10.1. The van der Waals surface area contributed by atoms with Crippen molar-refractivity contribution in [2.75, 3.05) is 26.2 Å².